The number of rotatable bonds is 6. The highest BCUT2D eigenvalue weighted by atomic mass is 16.6. The van der Waals surface area contributed by atoms with Gasteiger partial charge in [-0.1, -0.05) is 0 Å². The molecule has 130 valence electrons. The molecule has 0 spiro atoms. The van der Waals surface area contributed by atoms with E-state index in [9.17, 15) is 19.7 Å². The van der Waals surface area contributed by atoms with Crippen molar-refractivity contribution in [3.05, 3.63) is 57.9 Å². The largest absolute Gasteiger partial charge is 0.485 e. The van der Waals surface area contributed by atoms with Crippen molar-refractivity contribution in [2.45, 2.75) is 12.8 Å². The number of aromatic nitrogens is 1. The highest BCUT2D eigenvalue weighted by Crippen LogP contribution is 2.18. The summed E-state index contributed by atoms with van der Waals surface area (Å²) in [4.78, 5) is 39.1. The highest BCUT2D eigenvalue weighted by molar-refractivity contribution is 6.01. The summed E-state index contributed by atoms with van der Waals surface area (Å²) in [6, 6.07) is 7.02. The number of nitrogens with one attached hydrogen (secondary N) is 1. The van der Waals surface area contributed by atoms with Gasteiger partial charge in [-0.15, -0.1) is 0 Å². The molecule has 1 aliphatic rings. The molecule has 1 amide bonds. The van der Waals surface area contributed by atoms with E-state index in [1.54, 1.807) is 4.90 Å². The maximum absolute atomic E-state index is 12.2. The van der Waals surface area contributed by atoms with Crippen LogP contribution in [0.2, 0.25) is 0 Å². The fraction of sp³-hybridized carbons (Fsp3) is 0.294. The Balaban J connectivity index is 1.58. The number of ketones is 1. The number of ether oxygens (including phenoxy) is 1. The Bertz CT molecular complexity index is 791. The van der Waals surface area contributed by atoms with E-state index in [0.717, 1.165) is 25.9 Å². The molecule has 1 aromatic heterocycles. The first-order chi connectivity index (χ1) is 12.0. The molecule has 2 heterocycles. The third-order valence-electron chi connectivity index (χ3n) is 4.05. The molecule has 8 nitrogen and oxygen atoms in total. The summed E-state index contributed by atoms with van der Waals surface area (Å²) in [5.74, 6) is -0.0224. The van der Waals surface area contributed by atoms with Gasteiger partial charge in [-0.2, -0.15) is 0 Å². The third-order valence-corrected chi connectivity index (χ3v) is 4.05. The molecule has 0 radical (unpaired) electrons. The van der Waals surface area contributed by atoms with Crippen LogP contribution in [0.4, 0.5) is 5.69 Å². The second-order valence-electron chi connectivity index (χ2n) is 5.76. The van der Waals surface area contributed by atoms with E-state index in [4.69, 9.17) is 4.74 Å². The van der Waals surface area contributed by atoms with Crippen LogP contribution < -0.4 is 4.74 Å². The Morgan fingerprint density at radius 3 is 2.52 bits per heavy atom. The van der Waals surface area contributed by atoms with Crippen molar-refractivity contribution in [3.8, 4) is 5.75 Å². The number of carbonyl (C=O) groups is 2. The fourth-order valence-electron chi connectivity index (χ4n) is 2.67. The molecule has 0 unspecified atom stereocenters. The number of aromatic amines is 1. The van der Waals surface area contributed by atoms with Gasteiger partial charge in [0.25, 0.3) is 11.6 Å². The van der Waals surface area contributed by atoms with Crippen molar-refractivity contribution in [1.82, 2.24) is 9.88 Å². The third kappa shape index (κ3) is 3.85. The van der Waals surface area contributed by atoms with Gasteiger partial charge in [0.1, 0.15) is 11.4 Å². The van der Waals surface area contributed by atoms with Gasteiger partial charge in [0.05, 0.1) is 4.92 Å². The zero-order valence-electron chi connectivity index (χ0n) is 13.4. The Hall–Kier alpha value is -3.16. The predicted octanol–water partition coefficient (Wildman–Crippen LogP) is 2.42. The molecule has 1 saturated heterocycles. The summed E-state index contributed by atoms with van der Waals surface area (Å²) in [5.41, 5.74) is 0.708. The van der Waals surface area contributed by atoms with Crippen LogP contribution in [0.3, 0.4) is 0 Å². The van der Waals surface area contributed by atoms with E-state index in [1.165, 1.54) is 36.5 Å². The molecule has 0 bridgehead atoms. The fourth-order valence-corrected chi connectivity index (χ4v) is 2.67. The Morgan fingerprint density at radius 1 is 1.20 bits per heavy atom. The van der Waals surface area contributed by atoms with Gasteiger partial charge in [-0.05, 0) is 31.0 Å². The second-order valence-corrected chi connectivity index (χ2v) is 5.76. The zero-order valence-corrected chi connectivity index (χ0v) is 13.4. The molecule has 0 saturated carbocycles. The number of hydrogen-bond acceptors (Lipinski definition) is 5. The minimum Gasteiger partial charge on any atom is -0.485 e. The number of Topliss-reactive ketones (excluding diaryl/α,β-unsaturated/α-hetero) is 1. The SMILES string of the molecule is O=C(COc1ccc([N+](=O)[O-])cc1)c1c[nH]c(C(=O)N2CCCC2)c1. The number of non-ortho nitro benzene ring substituents is 1. The minimum absolute atomic E-state index is 0.0469. The number of nitro benzene ring substituents is 1. The lowest BCUT2D eigenvalue weighted by Gasteiger charge is -2.13. The molecular formula is C17H17N3O5. The summed E-state index contributed by atoms with van der Waals surface area (Å²) in [6.07, 6.45) is 3.49. The van der Waals surface area contributed by atoms with E-state index in [-0.39, 0.29) is 24.0 Å². The van der Waals surface area contributed by atoms with Gasteiger partial charge < -0.3 is 14.6 Å². The first-order valence-electron chi connectivity index (χ1n) is 7.93. The molecule has 8 heteroatoms. The predicted molar refractivity (Wildman–Crippen MR) is 88.9 cm³/mol. The standard InChI is InChI=1S/C17H17N3O5/c21-16(11-25-14-5-3-13(4-6-14)20(23)24)12-9-15(18-10-12)17(22)19-7-1-2-8-19/h3-6,9-10,18H,1-2,7-8,11H2. The summed E-state index contributed by atoms with van der Waals surface area (Å²) < 4.78 is 5.35. The highest BCUT2D eigenvalue weighted by Gasteiger charge is 2.21. The van der Waals surface area contributed by atoms with Crippen LogP contribution in [-0.4, -0.2) is 46.2 Å². The normalized spacial score (nSPS) is 13.7. The molecule has 1 aromatic carbocycles. The second kappa shape index (κ2) is 7.16. The van der Waals surface area contributed by atoms with E-state index in [0.29, 0.717) is 17.0 Å². The molecule has 0 atom stereocenters. The Labute approximate surface area is 143 Å². The molecule has 1 N–H and O–H groups in total. The number of H-pyrrole nitrogens is 1. The number of nitrogens with zero attached hydrogens (tertiary/aromatic N) is 2. The summed E-state index contributed by atoms with van der Waals surface area (Å²) in [7, 11) is 0. The van der Waals surface area contributed by atoms with Gasteiger partial charge in [0, 0.05) is 37.0 Å². The van der Waals surface area contributed by atoms with Crippen molar-refractivity contribution in [2.75, 3.05) is 19.7 Å². The molecule has 1 fully saturated rings. The lowest BCUT2D eigenvalue weighted by molar-refractivity contribution is -0.384. The van der Waals surface area contributed by atoms with Crippen LogP contribution in [0.5, 0.6) is 5.75 Å². The van der Waals surface area contributed by atoms with Gasteiger partial charge in [-0.25, -0.2) is 0 Å². The lowest BCUT2D eigenvalue weighted by Crippen LogP contribution is -2.27. The Morgan fingerprint density at radius 2 is 1.88 bits per heavy atom. The van der Waals surface area contributed by atoms with Crippen LogP contribution in [0.25, 0.3) is 0 Å². The number of amides is 1. The van der Waals surface area contributed by atoms with Crippen LogP contribution in [0.15, 0.2) is 36.5 Å². The minimum atomic E-state index is -0.506. The maximum atomic E-state index is 12.2. The molecular weight excluding hydrogens is 326 g/mol. The van der Waals surface area contributed by atoms with Gasteiger partial charge >= 0.3 is 0 Å². The van der Waals surface area contributed by atoms with Crippen molar-refractivity contribution < 1.29 is 19.2 Å². The summed E-state index contributed by atoms with van der Waals surface area (Å²) in [5, 5.41) is 10.6. The van der Waals surface area contributed by atoms with Crippen molar-refractivity contribution >= 4 is 17.4 Å². The smallest absolute Gasteiger partial charge is 0.270 e. The van der Waals surface area contributed by atoms with Gasteiger partial charge in [0.2, 0.25) is 5.78 Å². The molecule has 0 aliphatic carbocycles. The lowest BCUT2D eigenvalue weighted by atomic mass is 10.2. The summed E-state index contributed by atoms with van der Waals surface area (Å²) in [6.45, 7) is 1.27. The van der Waals surface area contributed by atoms with Crippen molar-refractivity contribution in [2.24, 2.45) is 0 Å². The zero-order chi connectivity index (χ0) is 17.8. The quantitative estimate of drug-likeness (QED) is 0.492. The first kappa shape index (κ1) is 16.7. The molecule has 25 heavy (non-hydrogen) atoms. The van der Waals surface area contributed by atoms with Crippen LogP contribution in [0, 0.1) is 10.1 Å². The van der Waals surface area contributed by atoms with Crippen LogP contribution in [-0.2, 0) is 0 Å². The van der Waals surface area contributed by atoms with E-state index < -0.39 is 4.92 Å². The number of nitro groups is 1. The van der Waals surface area contributed by atoms with Gasteiger partial charge in [-0.3, -0.25) is 19.7 Å². The number of hydrogen-bond donors (Lipinski definition) is 1. The Kier molecular flexibility index (Phi) is 4.78. The topological polar surface area (TPSA) is 106 Å². The maximum Gasteiger partial charge on any atom is 0.270 e. The monoisotopic (exact) mass is 343 g/mol. The average Bonchev–Trinajstić information content (AvgIpc) is 3.31. The number of carbonyl (C=O) groups excluding carboxylic acids is 2. The molecule has 1 aliphatic heterocycles. The van der Waals surface area contributed by atoms with E-state index in [2.05, 4.69) is 4.98 Å². The van der Waals surface area contributed by atoms with Crippen LogP contribution >= 0.6 is 0 Å². The number of benzene rings is 1. The van der Waals surface area contributed by atoms with Gasteiger partial charge in [0.15, 0.2) is 6.61 Å². The van der Waals surface area contributed by atoms with E-state index in [1.807, 2.05) is 0 Å². The van der Waals surface area contributed by atoms with E-state index >= 15 is 0 Å². The molecule has 2 aromatic rings. The van der Waals surface area contributed by atoms with Crippen LogP contribution in [0.1, 0.15) is 33.7 Å². The average molecular weight is 343 g/mol. The molecule has 3 rings (SSSR count). The van der Waals surface area contributed by atoms with Crippen molar-refractivity contribution in [3.63, 3.8) is 0 Å². The number of likely N-dealkylation sites (tertiary alicyclic amines) is 1. The van der Waals surface area contributed by atoms with Crippen molar-refractivity contribution in [1.29, 1.82) is 0 Å². The first-order valence-corrected chi connectivity index (χ1v) is 7.93. The summed E-state index contributed by atoms with van der Waals surface area (Å²) >= 11 is 0.